The van der Waals surface area contributed by atoms with E-state index in [1.807, 2.05) is 0 Å². The van der Waals surface area contributed by atoms with Gasteiger partial charge in [-0.3, -0.25) is 14.5 Å². The van der Waals surface area contributed by atoms with Crippen molar-refractivity contribution in [1.82, 2.24) is 14.8 Å². The number of likely N-dealkylation sites (tertiary alicyclic amines) is 1. The van der Waals surface area contributed by atoms with Crippen molar-refractivity contribution in [2.75, 3.05) is 51.3 Å². The first-order chi connectivity index (χ1) is 13.1. The van der Waals surface area contributed by atoms with Crippen molar-refractivity contribution in [2.24, 2.45) is 5.92 Å². The van der Waals surface area contributed by atoms with Gasteiger partial charge in [-0.2, -0.15) is 0 Å². The minimum Gasteiger partial charge on any atom is -0.441 e. The fourth-order valence-electron chi connectivity index (χ4n) is 3.62. The molecule has 0 radical (unpaired) electrons. The summed E-state index contributed by atoms with van der Waals surface area (Å²) < 4.78 is 10.8. The molecule has 8 heteroatoms. The Kier molecular flexibility index (Phi) is 5.09. The van der Waals surface area contributed by atoms with Gasteiger partial charge in [0.15, 0.2) is 11.5 Å². The van der Waals surface area contributed by atoms with E-state index >= 15 is 0 Å². The summed E-state index contributed by atoms with van der Waals surface area (Å²) in [6, 6.07) is 5.37. The molecule has 4 rings (SSSR count). The summed E-state index contributed by atoms with van der Waals surface area (Å²) in [5, 5.41) is 2.91. The highest BCUT2D eigenvalue weighted by molar-refractivity contribution is 5.98. The average Bonchev–Trinajstić information content (AvgIpc) is 3.22. The van der Waals surface area contributed by atoms with Crippen LogP contribution in [-0.4, -0.2) is 72.5 Å². The summed E-state index contributed by atoms with van der Waals surface area (Å²) >= 11 is 0. The zero-order chi connectivity index (χ0) is 18.8. The maximum atomic E-state index is 12.6. The van der Waals surface area contributed by atoms with Crippen LogP contribution in [0.4, 0.5) is 5.69 Å². The number of aryl methyl sites for hydroxylation is 1. The van der Waals surface area contributed by atoms with Crippen LogP contribution in [0.3, 0.4) is 0 Å². The van der Waals surface area contributed by atoms with Gasteiger partial charge in [0.25, 0.3) is 0 Å². The van der Waals surface area contributed by atoms with E-state index in [9.17, 15) is 9.59 Å². The number of nitrogens with one attached hydrogen (secondary N) is 1. The van der Waals surface area contributed by atoms with E-state index in [1.54, 1.807) is 30.0 Å². The largest absolute Gasteiger partial charge is 0.441 e. The van der Waals surface area contributed by atoms with Gasteiger partial charge in [-0.15, -0.1) is 0 Å². The van der Waals surface area contributed by atoms with Crippen LogP contribution in [0.5, 0.6) is 0 Å². The number of rotatable bonds is 5. The highest BCUT2D eigenvalue weighted by Crippen LogP contribution is 2.23. The van der Waals surface area contributed by atoms with Crippen molar-refractivity contribution in [1.29, 1.82) is 0 Å². The van der Waals surface area contributed by atoms with Gasteiger partial charge in [-0.25, -0.2) is 4.98 Å². The van der Waals surface area contributed by atoms with Gasteiger partial charge < -0.3 is 19.4 Å². The van der Waals surface area contributed by atoms with Crippen LogP contribution >= 0.6 is 0 Å². The number of hydrogen-bond donors (Lipinski definition) is 1. The second-order valence-corrected chi connectivity index (χ2v) is 7.10. The third-order valence-electron chi connectivity index (χ3n) is 5.14. The molecule has 0 bridgehead atoms. The third-order valence-corrected chi connectivity index (χ3v) is 5.14. The zero-order valence-electron chi connectivity index (χ0n) is 15.4. The molecule has 0 aliphatic carbocycles. The maximum absolute atomic E-state index is 12.6. The Bertz CT molecular complexity index is 843. The van der Waals surface area contributed by atoms with Crippen LogP contribution in [0.2, 0.25) is 0 Å². The fraction of sp³-hybridized carbons (Fsp3) is 0.526. The van der Waals surface area contributed by atoms with Gasteiger partial charge >= 0.3 is 0 Å². The van der Waals surface area contributed by atoms with E-state index in [0.29, 0.717) is 35.8 Å². The number of amides is 2. The molecular weight excluding hydrogens is 348 g/mol. The summed E-state index contributed by atoms with van der Waals surface area (Å²) in [5.41, 5.74) is 2.07. The number of morpholine rings is 1. The first-order valence-corrected chi connectivity index (χ1v) is 9.34. The zero-order valence-corrected chi connectivity index (χ0v) is 15.4. The Morgan fingerprint density at radius 3 is 2.93 bits per heavy atom. The van der Waals surface area contributed by atoms with Gasteiger partial charge in [-0.05, 0) is 18.2 Å². The second kappa shape index (κ2) is 7.66. The Labute approximate surface area is 157 Å². The minimum atomic E-state index is -0.322. The van der Waals surface area contributed by atoms with Gasteiger partial charge in [0.2, 0.25) is 11.8 Å². The molecule has 1 aromatic carbocycles. The lowest BCUT2D eigenvalue weighted by atomic mass is 10.1. The molecule has 0 saturated carbocycles. The van der Waals surface area contributed by atoms with Crippen molar-refractivity contribution < 1.29 is 18.7 Å². The summed E-state index contributed by atoms with van der Waals surface area (Å²) in [7, 11) is 0. The maximum Gasteiger partial charge on any atom is 0.229 e. The van der Waals surface area contributed by atoms with Crippen LogP contribution in [0.15, 0.2) is 22.6 Å². The number of nitrogens with zero attached hydrogens (tertiary/aromatic N) is 3. The normalized spacial score (nSPS) is 21.1. The molecule has 8 nitrogen and oxygen atoms in total. The summed E-state index contributed by atoms with van der Waals surface area (Å²) in [6.45, 7) is 7.03. The Morgan fingerprint density at radius 1 is 1.30 bits per heavy atom. The number of aromatic nitrogens is 1. The summed E-state index contributed by atoms with van der Waals surface area (Å²) in [5.74, 6) is 0.186. The van der Waals surface area contributed by atoms with Crippen LogP contribution in [0.25, 0.3) is 11.1 Å². The van der Waals surface area contributed by atoms with Gasteiger partial charge in [0.1, 0.15) is 5.52 Å². The highest BCUT2D eigenvalue weighted by Gasteiger charge is 2.34. The highest BCUT2D eigenvalue weighted by atomic mass is 16.5. The number of fused-ring (bicyclic) bond motifs is 1. The Balaban J connectivity index is 1.32. The molecule has 0 unspecified atom stereocenters. The van der Waals surface area contributed by atoms with Gasteiger partial charge in [0.05, 0.1) is 19.1 Å². The van der Waals surface area contributed by atoms with E-state index in [2.05, 4.69) is 15.2 Å². The van der Waals surface area contributed by atoms with E-state index in [0.717, 1.165) is 32.8 Å². The molecule has 1 atom stereocenters. The smallest absolute Gasteiger partial charge is 0.229 e. The number of carbonyl (C=O) groups is 2. The predicted octanol–water partition coefficient (Wildman–Crippen LogP) is 1.26. The predicted molar refractivity (Wildman–Crippen MR) is 99.3 cm³/mol. The average molecular weight is 372 g/mol. The number of benzene rings is 1. The van der Waals surface area contributed by atoms with Crippen molar-refractivity contribution in [3.63, 3.8) is 0 Å². The molecule has 2 saturated heterocycles. The number of oxazole rings is 1. The molecule has 2 aliphatic rings. The van der Waals surface area contributed by atoms with E-state index in [4.69, 9.17) is 9.15 Å². The molecule has 1 aromatic heterocycles. The van der Waals surface area contributed by atoms with E-state index in [-0.39, 0.29) is 24.2 Å². The molecule has 3 heterocycles. The Morgan fingerprint density at radius 2 is 2.11 bits per heavy atom. The molecule has 144 valence electrons. The van der Waals surface area contributed by atoms with Gasteiger partial charge in [0, 0.05) is 51.8 Å². The molecule has 0 spiro atoms. The van der Waals surface area contributed by atoms with E-state index in [1.165, 1.54) is 0 Å². The number of carbonyl (C=O) groups excluding carboxylic acids is 2. The summed E-state index contributed by atoms with van der Waals surface area (Å²) in [4.78, 5) is 33.2. The fourth-order valence-corrected chi connectivity index (χ4v) is 3.62. The lowest BCUT2D eigenvalue weighted by Gasteiger charge is -2.28. The lowest BCUT2D eigenvalue weighted by molar-refractivity contribution is -0.128. The quantitative estimate of drug-likeness (QED) is 0.850. The van der Waals surface area contributed by atoms with Gasteiger partial charge in [-0.1, -0.05) is 0 Å². The van der Waals surface area contributed by atoms with E-state index < -0.39 is 0 Å². The molecule has 2 aliphatic heterocycles. The minimum absolute atomic E-state index is 0.0472. The van der Waals surface area contributed by atoms with Crippen molar-refractivity contribution in [2.45, 2.75) is 13.3 Å². The number of ether oxygens (including phenoxy) is 1. The van der Waals surface area contributed by atoms with Crippen LogP contribution < -0.4 is 5.32 Å². The summed E-state index contributed by atoms with van der Waals surface area (Å²) in [6.07, 6.45) is 0.264. The molecule has 2 fully saturated rings. The van der Waals surface area contributed by atoms with Crippen LogP contribution in [0, 0.1) is 12.8 Å². The second-order valence-electron chi connectivity index (χ2n) is 7.10. The first kappa shape index (κ1) is 17.9. The van der Waals surface area contributed by atoms with Crippen LogP contribution in [-0.2, 0) is 14.3 Å². The molecule has 27 heavy (non-hydrogen) atoms. The molecule has 2 aromatic rings. The van der Waals surface area contributed by atoms with Crippen LogP contribution in [0.1, 0.15) is 12.3 Å². The monoisotopic (exact) mass is 372 g/mol. The third kappa shape index (κ3) is 4.12. The number of anilines is 1. The first-order valence-electron chi connectivity index (χ1n) is 9.34. The van der Waals surface area contributed by atoms with Crippen molar-refractivity contribution in [3.8, 4) is 0 Å². The van der Waals surface area contributed by atoms with Crippen molar-refractivity contribution >= 4 is 28.6 Å². The molecule has 2 amide bonds. The Hall–Kier alpha value is -2.45. The molecular formula is C19H24N4O4. The SMILES string of the molecule is Cc1nc2cc(NC(=O)[C@@H]3CC(=O)N(CCN4CCOCC4)C3)ccc2o1. The molecule has 1 N–H and O–H groups in total. The number of hydrogen-bond acceptors (Lipinski definition) is 6. The lowest BCUT2D eigenvalue weighted by Crippen LogP contribution is -2.42. The topological polar surface area (TPSA) is 87.9 Å². The standard InChI is InChI=1S/C19H24N4O4/c1-13-20-16-11-15(2-3-17(16)27-13)21-19(25)14-10-18(24)23(12-14)5-4-22-6-8-26-9-7-22/h2-3,11,14H,4-10,12H2,1H3,(H,21,25)/t14-/m1/s1. The van der Waals surface area contributed by atoms with Crippen molar-refractivity contribution in [3.05, 3.63) is 24.1 Å².